The maximum Gasteiger partial charge on any atom is 0.240 e. The second-order valence-corrected chi connectivity index (χ2v) is 20.5. The van der Waals surface area contributed by atoms with E-state index in [1.165, 1.54) is 6.92 Å². The van der Waals surface area contributed by atoms with E-state index in [-0.39, 0.29) is 49.8 Å². The topological polar surface area (TPSA) is 210 Å². The van der Waals surface area contributed by atoms with E-state index in [9.17, 15) is 40.2 Å². The van der Waals surface area contributed by atoms with Gasteiger partial charge in [-0.15, -0.1) is 5.92 Å². The molecule has 1 spiro atoms. The first-order valence-electron chi connectivity index (χ1n) is 22.1. The van der Waals surface area contributed by atoms with Gasteiger partial charge in [0.05, 0.1) is 35.3 Å². The van der Waals surface area contributed by atoms with E-state index < -0.39 is 92.9 Å². The van der Waals surface area contributed by atoms with E-state index in [0.717, 1.165) is 12.8 Å². The van der Waals surface area contributed by atoms with Crippen LogP contribution in [0.25, 0.3) is 0 Å². The van der Waals surface area contributed by atoms with E-state index in [0.29, 0.717) is 57.4 Å². The molecule has 59 heavy (non-hydrogen) atoms. The lowest BCUT2D eigenvalue weighted by Crippen LogP contribution is -2.71. The molecule has 9 bridgehead atoms. The maximum atomic E-state index is 14.5. The van der Waals surface area contributed by atoms with Gasteiger partial charge in [-0.3, -0.25) is 14.9 Å². The minimum Gasteiger partial charge on any atom is -0.392 e. The molecule has 0 aromatic heterocycles. The minimum atomic E-state index is -2.92. The molecule has 11 rings (SSSR count). The smallest absolute Gasteiger partial charge is 0.240 e. The predicted octanol–water partition coefficient (Wildman–Crippen LogP) is 0.518. The summed E-state index contributed by atoms with van der Waals surface area (Å²) in [6, 6.07) is -0.971. The Balaban J connectivity index is 1.14. The van der Waals surface area contributed by atoms with E-state index >= 15 is 0 Å². The summed E-state index contributed by atoms with van der Waals surface area (Å²) in [5, 5.41) is 80.1. The molecule has 3 saturated carbocycles. The van der Waals surface area contributed by atoms with Crippen molar-refractivity contribution in [2.75, 3.05) is 40.0 Å². The summed E-state index contributed by atoms with van der Waals surface area (Å²) in [6.07, 6.45) is 6.17. The summed E-state index contributed by atoms with van der Waals surface area (Å²) in [6.45, 7) is 9.05. The Kier molecular flexibility index (Phi) is 10.1. The molecule has 0 aromatic carbocycles. The van der Waals surface area contributed by atoms with Gasteiger partial charge < -0.3 is 55.1 Å². The van der Waals surface area contributed by atoms with Gasteiger partial charge in [0.25, 0.3) is 0 Å². The summed E-state index contributed by atoms with van der Waals surface area (Å²) >= 11 is 0. The van der Waals surface area contributed by atoms with Crippen molar-refractivity contribution in [3.63, 3.8) is 0 Å². The molecule has 14 nitrogen and oxygen atoms in total. The van der Waals surface area contributed by atoms with E-state index in [2.05, 4.69) is 29.4 Å². The summed E-state index contributed by atoms with van der Waals surface area (Å²) in [4.78, 5) is 30.6. The van der Waals surface area contributed by atoms with Gasteiger partial charge in [0, 0.05) is 81.4 Å². The van der Waals surface area contributed by atoms with Gasteiger partial charge >= 0.3 is 0 Å². The zero-order valence-electron chi connectivity index (χ0n) is 35.2. The third-order valence-corrected chi connectivity index (χ3v) is 17.4. The van der Waals surface area contributed by atoms with Crippen LogP contribution in [-0.2, 0) is 23.8 Å². The minimum absolute atomic E-state index is 0.0696. The van der Waals surface area contributed by atoms with Gasteiger partial charge in [0.1, 0.15) is 17.8 Å². The van der Waals surface area contributed by atoms with Crippen molar-refractivity contribution in [1.82, 2.24) is 15.5 Å². The third-order valence-electron chi connectivity index (χ3n) is 17.4. The molecule has 11 aliphatic rings. The number of amides is 1. The number of aliphatic hydroxyl groups excluding tert-OH is 1. The van der Waals surface area contributed by atoms with Crippen molar-refractivity contribution in [2.24, 2.45) is 45.8 Å². The maximum absolute atomic E-state index is 14.5. The standard InChI is InChI=1S/C45H65N3O11/c1-25(49)22-46-23-29-34-28-10-15-44(54)37(34)59-36(29)45(55,56)41(4,52)32-11-14-43(53)33-21-31(50)30-20-27(58-19-7-18-57-5)9-13-39(30,2)42(33,17-16-40(32,43)3)12-6-8-26-24-48(26)38(51)35(28)47-44/h10,15,21,25-30,32,34-37,46-47,49,52-56H,7-9,11,13-14,16-20,22-24H2,1-5H3/t25-,26+,27-,28-,29+,30-,32-,34+,35-,36-,37-,39-,40+,41-,42-,43+,44-,48?/m0/s1. The zero-order valence-corrected chi connectivity index (χ0v) is 35.2. The number of ketones is 1. The predicted molar refractivity (Wildman–Crippen MR) is 213 cm³/mol. The highest BCUT2D eigenvalue weighted by Crippen LogP contribution is 2.73. The first-order valence-corrected chi connectivity index (χ1v) is 22.1. The SMILES string of the molecule is COCCCO[C@H]1CC[C@@]2(C)[C@@H](C1)C(=O)C=C1[C@]3(O)CC[C@@H]4[C@](C)(O)C(O)(O)[C@H]5O[C@H]6[C@H]([C@@H]7C=C[C@@]6(O)N[C@@H]7C(=O)N6C[C@H]6CC#C[C@]12CC[C@]43C)[C@H]5CNC[C@H](C)O. The molecule has 3 saturated heterocycles. The number of nitrogens with zero attached hydrogens (tertiary/aromatic N) is 1. The molecule has 6 heterocycles. The summed E-state index contributed by atoms with van der Waals surface area (Å²) in [5.41, 5.74) is -7.81. The van der Waals surface area contributed by atoms with Gasteiger partial charge in [-0.05, 0) is 88.4 Å². The van der Waals surface area contributed by atoms with Gasteiger partial charge in [-0.1, -0.05) is 25.8 Å². The molecule has 8 N–H and O–H groups in total. The Morgan fingerprint density at radius 3 is 2.56 bits per heavy atom. The number of nitrogens with one attached hydrogen (secondary N) is 2. The Morgan fingerprint density at radius 2 is 1.81 bits per heavy atom. The van der Waals surface area contributed by atoms with Crippen LogP contribution < -0.4 is 10.6 Å². The average Bonchev–Trinajstić information content (AvgIpc) is 3.74. The number of carbonyl (C=O) groups is 2. The van der Waals surface area contributed by atoms with E-state index in [1.807, 2.05) is 13.0 Å². The molecular formula is C45H65N3O11. The fourth-order valence-electron chi connectivity index (χ4n) is 14.0. The molecule has 14 heteroatoms. The molecule has 326 valence electrons. The van der Waals surface area contributed by atoms with Gasteiger partial charge in [0.15, 0.2) is 11.5 Å². The Morgan fingerprint density at radius 1 is 1.03 bits per heavy atom. The Hall–Kier alpha value is -2.26. The first-order chi connectivity index (χ1) is 27.8. The molecular weight excluding hydrogens is 759 g/mol. The number of piperidine rings is 1. The summed E-state index contributed by atoms with van der Waals surface area (Å²) in [5.74, 6) is 1.00. The van der Waals surface area contributed by atoms with Crippen molar-refractivity contribution in [1.29, 1.82) is 0 Å². The number of carbonyl (C=O) groups excluding carboxylic acids is 2. The third kappa shape index (κ3) is 5.86. The van der Waals surface area contributed by atoms with Crippen molar-refractivity contribution in [3.05, 3.63) is 23.8 Å². The van der Waals surface area contributed by atoms with Crippen molar-refractivity contribution in [3.8, 4) is 11.8 Å². The van der Waals surface area contributed by atoms with Crippen LogP contribution >= 0.6 is 0 Å². The molecule has 1 amide bonds. The lowest BCUT2D eigenvalue weighted by Gasteiger charge is -2.64. The summed E-state index contributed by atoms with van der Waals surface area (Å²) in [7, 11) is 1.66. The van der Waals surface area contributed by atoms with Crippen LogP contribution in [-0.4, -0.2) is 146 Å². The molecule has 6 fully saturated rings. The number of methoxy groups -OCH3 is 1. The molecule has 0 radical (unpaired) electrons. The average molecular weight is 824 g/mol. The van der Waals surface area contributed by atoms with Crippen LogP contribution in [0.2, 0.25) is 0 Å². The highest BCUT2D eigenvalue weighted by atomic mass is 16.6. The number of hydrogen-bond acceptors (Lipinski definition) is 13. The number of aliphatic hydroxyl groups is 6. The van der Waals surface area contributed by atoms with E-state index in [4.69, 9.17) is 14.2 Å². The van der Waals surface area contributed by atoms with Crippen LogP contribution in [0.4, 0.5) is 0 Å². The van der Waals surface area contributed by atoms with Crippen LogP contribution in [0.3, 0.4) is 0 Å². The number of allylic oxidation sites excluding steroid dienone is 1. The number of fused-ring (bicyclic) bond motifs is 4. The van der Waals surface area contributed by atoms with Crippen LogP contribution in [0.1, 0.15) is 85.5 Å². The number of rotatable bonds is 9. The van der Waals surface area contributed by atoms with Crippen molar-refractivity contribution < 1.29 is 54.4 Å². The summed E-state index contributed by atoms with van der Waals surface area (Å²) < 4.78 is 18.1. The molecule has 0 unspecified atom stereocenters. The second kappa shape index (κ2) is 14.1. The molecule has 6 aliphatic heterocycles. The zero-order chi connectivity index (χ0) is 42.1. The largest absolute Gasteiger partial charge is 0.392 e. The normalized spacial score (nSPS) is 50.6. The van der Waals surface area contributed by atoms with Gasteiger partial charge in [-0.25, -0.2) is 0 Å². The first kappa shape index (κ1) is 42.1. The quantitative estimate of drug-likeness (QED) is 0.0525. The Labute approximate surface area is 347 Å². The molecule has 5 aliphatic carbocycles. The lowest BCUT2D eigenvalue weighted by molar-refractivity contribution is -0.345. The number of hydrogen-bond donors (Lipinski definition) is 8. The Bertz CT molecular complexity index is 1860. The monoisotopic (exact) mass is 823 g/mol. The van der Waals surface area contributed by atoms with Gasteiger partial charge in [-0.2, -0.15) is 0 Å². The highest BCUT2D eigenvalue weighted by molar-refractivity contribution is 5.96. The van der Waals surface area contributed by atoms with Crippen molar-refractivity contribution >= 4 is 11.7 Å². The second-order valence-electron chi connectivity index (χ2n) is 20.5. The van der Waals surface area contributed by atoms with Crippen LogP contribution in [0, 0.1) is 57.7 Å². The van der Waals surface area contributed by atoms with Crippen LogP contribution in [0.15, 0.2) is 23.8 Å². The van der Waals surface area contributed by atoms with E-state index in [1.54, 1.807) is 31.1 Å². The fourth-order valence-corrected chi connectivity index (χ4v) is 14.0. The molecule has 17 atom stereocenters. The fraction of sp³-hybridized carbons (Fsp3) is 0.822. The number of ether oxygens (including phenoxy) is 3. The highest BCUT2D eigenvalue weighted by Gasteiger charge is 2.76. The van der Waals surface area contributed by atoms with Crippen molar-refractivity contribution in [2.45, 2.75) is 145 Å². The van der Waals surface area contributed by atoms with Crippen LogP contribution in [0.5, 0.6) is 0 Å². The molecule has 0 aromatic rings. The lowest BCUT2D eigenvalue weighted by atomic mass is 9.39. The van der Waals surface area contributed by atoms with Gasteiger partial charge in [0.2, 0.25) is 11.7 Å².